The van der Waals surface area contributed by atoms with Gasteiger partial charge in [0.05, 0.1) is 11.4 Å². The third kappa shape index (κ3) is 1.66. The second kappa shape index (κ2) is 4.08. The molecule has 0 amide bonds. The molecule has 0 fully saturated rings. The van der Waals surface area contributed by atoms with Crippen molar-refractivity contribution >= 4 is 22.1 Å². The molecule has 0 bridgehead atoms. The molecule has 0 aliphatic rings. The molecule has 3 aromatic heterocycles. The Kier molecular flexibility index (Phi) is 2.53. The number of rotatable bonds is 2. The van der Waals surface area contributed by atoms with Crippen molar-refractivity contribution in [1.82, 2.24) is 14.4 Å². The van der Waals surface area contributed by atoms with Crippen molar-refractivity contribution in [2.45, 2.75) is 13.8 Å². The minimum Gasteiger partial charge on any atom is -0.300 e. The SMILES string of the molecule is Cc1ccc2nc(C)c(-c3csc(NN)n3)n2c1. The zero-order chi connectivity index (χ0) is 12.7. The van der Waals surface area contributed by atoms with Crippen LogP contribution in [0.2, 0.25) is 0 Å². The number of anilines is 1. The van der Waals surface area contributed by atoms with Crippen LogP contribution in [0.5, 0.6) is 0 Å². The van der Waals surface area contributed by atoms with Crippen molar-refractivity contribution in [3.63, 3.8) is 0 Å². The predicted octanol–water partition coefficient (Wildman–Crippen LogP) is 2.36. The van der Waals surface area contributed by atoms with Crippen LogP contribution in [0.15, 0.2) is 23.7 Å². The Morgan fingerprint density at radius 3 is 2.83 bits per heavy atom. The van der Waals surface area contributed by atoms with Gasteiger partial charge < -0.3 is 0 Å². The number of hydrogen-bond acceptors (Lipinski definition) is 5. The van der Waals surface area contributed by atoms with Gasteiger partial charge in [-0.15, -0.1) is 11.3 Å². The molecule has 6 heteroatoms. The number of nitrogens with two attached hydrogens (primary N) is 1. The van der Waals surface area contributed by atoms with Crippen LogP contribution in [0.1, 0.15) is 11.3 Å². The van der Waals surface area contributed by atoms with Crippen LogP contribution in [-0.2, 0) is 0 Å². The number of fused-ring (bicyclic) bond motifs is 1. The number of imidazole rings is 1. The smallest absolute Gasteiger partial charge is 0.197 e. The monoisotopic (exact) mass is 259 g/mol. The fourth-order valence-corrected chi connectivity index (χ4v) is 2.63. The van der Waals surface area contributed by atoms with Crippen LogP contribution in [-0.4, -0.2) is 14.4 Å². The van der Waals surface area contributed by atoms with Gasteiger partial charge >= 0.3 is 0 Å². The van der Waals surface area contributed by atoms with E-state index in [1.165, 1.54) is 16.9 Å². The fraction of sp³-hybridized carbons (Fsp3) is 0.167. The number of aryl methyl sites for hydroxylation is 2. The number of hydrazine groups is 1. The zero-order valence-electron chi connectivity index (χ0n) is 10.1. The molecule has 0 radical (unpaired) electrons. The summed E-state index contributed by atoms with van der Waals surface area (Å²) in [5.74, 6) is 5.37. The molecule has 3 N–H and O–H groups in total. The van der Waals surface area contributed by atoms with Gasteiger partial charge in [-0.3, -0.25) is 9.83 Å². The fourth-order valence-electron chi connectivity index (χ4n) is 2.03. The predicted molar refractivity (Wildman–Crippen MR) is 73.6 cm³/mol. The van der Waals surface area contributed by atoms with E-state index in [1.54, 1.807) is 0 Å². The van der Waals surface area contributed by atoms with Gasteiger partial charge in [-0.2, -0.15) is 0 Å². The van der Waals surface area contributed by atoms with Crippen LogP contribution in [0.25, 0.3) is 17.0 Å². The first-order valence-corrected chi connectivity index (χ1v) is 6.45. The topological polar surface area (TPSA) is 68.2 Å². The van der Waals surface area contributed by atoms with Crippen LogP contribution in [0.3, 0.4) is 0 Å². The Balaban J connectivity index is 2.26. The molecule has 0 spiro atoms. The van der Waals surface area contributed by atoms with Crippen LogP contribution < -0.4 is 11.3 Å². The summed E-state index contributed by atoms with van der Waals surface area (Å²) < 4.78 is 2.07. The van der Waals surface area contributed by atoms with Crippen molar-refractivity contribution in [3.8, 4) is 11.4 Å². The second-order valence-corrected chi connectivity index (χ2v) is 5.02. The number of hydrogen-bond donors (Lipinski definition) is 2. The first-order valence-electron chi connectivity index (χ1n) is 5.57. The molecule has 3 heterocycles. The van der Waals surface area contributed by atoms with E-state index in [0.29, 0.717) is 5.13 Å². The molecule has 0 aliphatic heterocycles. The van der Waals surface area contributed by atoms with Crippen molar-refractivity contribution in [1.29, 1.82) is 0 Å². The van der Waals surface area contributed by atoms with Crippen molar-refractivity contribution in [3.05, 3.63) is 35.0 Å². The van der Waals surface area contributed by atoms with Crippen LogP contribution >= 0.6 is 11.3 Å². The van der Waals surface area contributed by atoms with E-state index in [4.69, 9.17) is 5.84 Å². The summed E-state index contributed by atoms with van der Waals surface area (Å²) in [6.07, 6.45) is 2.07. The third-order valence-corrected chi connectivity index (χ3v) is 3.58. The molecule has 3 aromatic rings. The minimum atomic E-state index is 0.701. The van der Waals surface area contributed by atoms with E-state index < -0.39 is 0 Å². The highest BCUT2D eigenvalue weighted by molar-refractivity contribution is 7.14. The van der Waals surface area contributed by atoms with Crippen molar-refractivity contribution < 1.29 is 0 Å². The normalized spacial score (nSPS) is 11.1. The highest BCUT2D eigenvalue weighted by Crippen LogP contribution is 2.28. The first-order chi connectivity index (χ1) is 8.69. The number of nitrogens with zero attached hydrogens (tertiary/aromatic N) is 3. The number of pyridine rings is 1. The lowest BCUT2D eigenvalue weighted by molar-refractivity contribution is 1.14. The molecule has 0 saturated carbocycles. The third-order valence-electron chi connectivity index (χ3n) is 2.81. The summed E-state index contributed by atoms with van der Waals surface area (Å²) >= 11 is 1.48. The van der Waals surface area contributed by atoms with Gasteiger partial charge in [0.2, 0.25) is 0 Å². The van der Waals surface area contributed by atoms with Gasteiger partial charge in [-0.05, 0) is 25.5 Å². The van der Waals surface area contributed by atoms with Gasteiger partial charge in [0.1, 0.15) is 11.3 Å². The van der Waals surface area contributed by atoms with Gasteiger partial charge in [0.25, 0.3) is 0 Å². The Labute approximate surface area is 108 Å². The van der Waals surface area contributed by atoms with Crippen molar-refractivity contribution in [2.75, 3.05) is 5.43 Å². The maximum atomic E-state index is 5.37. The molecule has 0 unspecified atom stereocenters. The number of nitrogen functional groups attached to an aromatic ring is 1. The summed E-state index contributed by atoms with van der Waals surface area (Å²) in [5.41, 5.74) is 7.57. The first kappa shape index (κ1) is 11.2. The standard InChI is InChI=1S/C12H13N5S/c1-7-3-4-10-14-8(2)11(17(10)5-7)9-6-18-12(15-9)16-13/h3-6H,13H2,1-2H3,(H,15,16). The Morgan fingerprint density at radius 1 is 1.28 bits per heavy atom. The minimum absolute atomic E-state index is 0.701. The van der Waals surface area contributed by atoms with Crippen LogP contribution in [0.4, 0.5) is 5.13 Å². The molecule has 0 aliphatic carbocycles. The highest BCUT2D eigenvalue weighted by Gasteiger charge is 2.13. The summed E-state index contributed by atoms with van der Waals surface area (Å²) in [6.45, 7) is 4.05. The average molecular weight is 259 g/mol. The van der Waals surface area contributed by atoms with Crippen molar-refractivity contribution in [2.24, 2.45) is 5.84 Å². The highest BCUT2D eigenvalue weighted by atomic mass is 32.1. The summed E-state index contributed by atoms with van der Waals surface area (Å²) in [6, 6.07) is 4.07. The zero-order valence-corrected chi connectivity index (χ0v) is 11.0. The summed E-state index contributed by atoms with van der Waals surface area (Å²) in [7, 11) is 0. The Morgan fingerprint density at radius 2 is 2.11 bits per heavy atom. The molecular weight excluding hydrogens is 246 g/mol. The molecular formula is C12H13N5S. The Bertz CT molecular complexity index is 712. The van der Waals surface area contributed by atoms with E-state index >= 15 is 0 Å². The number of thiazole rings is 1. The van der Waals surface area contributed by atoms with Gasteiger partial charge in [-0.25, -0.2) is 15.8 Å². The summed E-state index contributed by atoms with van der Waals surface area (Å²) in [4.78, 5) is 8.98. The largest absolute Gasteiger partial charge is 0.300 e. The van der Waals surface area contributed by atoms with Gasteiger partial charge in [-0.1, -0.05) is 6.07 Å². The second-order valence-electron chi connectivity index (χ2n) is 4.16. The lowest BCUT2D eigenvalue weighted by Gasteiger charge is -2.00. The van der Waals surface area contributed by atoms with E-state index in [2.05, 4.69) is 39.0 Å². The maximum Gasteiger partial charge on any atom is 0.197 e. The molecule has 18 heavy (non-hydrogen) atoms. The van der Waals surface area contributed by atoms with E-state index in [-0.39, 0.29) is 0 Å². The summed E-state index contributed by atoms with van der Waals surface area (Å²) in [5, 5.41) is 2.68. The average Bonchev–Trinajstić information content (AvgIpc) is 2.92. The van der Waals surface area contributed by atoms with Gasteiger partial charge in [0.15, 0.2) is 5.13 Å². The molecule has 3 rings (SSSR count). The molecule has 0 saturated heterocycles. The Hall–Kier alpha value is -1.92. The number of aromatic nitrogens is 3. The lowest BCUT2D eigenvalue weighted by Crippen LogP contribution is -2.05. The van der Waals surface area contributed by atoms with Gasteiger partial charge in [0, 0.05) is 11.6 Å². The number of nitrogens with one attached hydrogen (secondary N) is 1. The molecule has 0 aromatic carbocycles. The van der Waals surface area contributed by atoms with E-state index in [9.17, 15) is 0 Å². The lowest BCUT2D eigenvalue weighted by atomic mass is 10.2. The quantitative estimate of drug-likeness (QED) is 0.547. The van der Waals surface area contributed by atoms with Crippen LogP contribution in [0, 0.1) is 13.8 Å². The molecule has 5 nitrogen and oxygen atoms in total. The maximum absolute atomic E-state index is 5.37. The van der Waals surface area contributed by atoms with E-state index in [1.807, 2.05) is 18.4 Å². The molecule has 92 valence electrons. The molecule has 0 atom stereocenters. The van der Waals surface area contributed by atoms with E-state index in [0.717, 1.165) is 22.7 Å².